The molecule has 0 unspecified atom stereocenters. The number of imidazole rings is 1. The van der Waals surface area contributed by atoms with E-state index in [-0.39, 0.29) is 16.6 Å². The van der Waals surface area contributed by atoms with Crippen molar-refractivity contribution in [3.05, 3.63) is 51.5 Å². The number of pyridine rings is 1. The molecule has 11 nitrogen and oxygen atoms in total. The van der Waals surface area contributed by atoms with Gasteiger partial charge in [0, 0.05) is 44.8 Å². The lowest BCUT2D eigenvalue weighted by Crippen LogP contribution is -2.43. The quantitative estimate of drug-likeness (QED) is 0.441. The van der Waals surface area contributed by atoms with E-state index in [4.69, 9.17) is 9.47 Å². The highest BCUT2D eigenvalue weighted by Gasteiger charge is 2.24. The second-order valence-corrected chi connectivity index (χ2v) is 9.09. The SMILES string of the molecule is Cn1c(=O)n(-c2csc(C(=O)Nc3cnccc3N3CCNCC3)n2)c2ccc3c(c21)OCCO3. The number of nitrogens with zero attached hydrogens (tertiary/aromatic N) is 5. The summed E-state index contributed by atoms with van der Waals surface area (Å²) >= 11 is 1.18. The summed E-state index contributed by atoms with van der Waals surface area (Å²) in [6, 6.07) is 5.49. The number of hydrogen-bond donors (Lipinski definition) is 2. The molecule has 5 heterocycles. The highest BCUT2D eigenvalue weighted by molar-refractivity contribution is 7.12. The summed E-state index contributed by atoms with van der Waals surface area (Å²) in [5.41, 5.74) is 2.52. The molecule has 1 aromatic carbocycles. The lowest BCUT2D eigenvalue weighted by Gasteiger charge is -2.30. The van der Waals surface area contributed by atoms with Crippen LogP contribution in [0.15, 0.2) is 40.8 Å². The maximum Gasteiger partial charge on any atom is 0.334 e. The van der Waals surface area contributed by atoms with Gasteiger partial charge in [-0.2, -0.15) is 0 Å². The van der Waals surface area contributed by atoms with Gasteiger partial charge in [-0.15, -0.1) is 11.3 Å². The van der Waals surface area contributed by atoms with Crippen molar-refractivity contribution in [3.63, 3.8) is 0 Å². The summed E-state index contributed by atoms with van der Waals surface area (Å²) in [4.78, 5) is 37.1. The number of rotatable bonds is 4. The summed E-state index contributed by atoms with van der Waals surface area (Å²) in [7, 11) is 1.68. The van der Waals surface area contributed by atoms with Gasteiger partial charge in [0.25, 0.3) is 5.91 Å². The zero-order valence-corrected chi connectivity index (χ0v) is 19.8. The number of anilines is 2. The first-order chi connectivity index (χ1) is 17.1. The Bertz CT molecular complexity index is 1490. The van der Waals surface area contributed by atoms with E-state index in [9.17, 15) is 9.59 Å². The summed E-state index contributed by atoms with van der Waals surface area (Å²) < 4.78 is 14.5. The van der Waals surface area contributed by atoms with E-state index < -0.39 is 0 Å². The van der Waals surface area contributed by atoms with E-state index in [0.717, 1.165) is 31.9 Å². The zero-order valence-electron chi connectivity index (χ0n) is 19.0. The van der Waals surface area contributed by atoms with Crippen molar-refractivity contribution in [2.24, 2.45) is 7.05 Å². The average molecular weight is 494 g/mol. The smallest absolute Gasteiger partial charge is 0.334 e. The van der Waals surface area contributed by atoms with Crippen LogP contribution in [-0.4, -0.2) is 64.4 Å². The molecule has 6 rings (SSSR count). The van der Waals surface area contributed by atoms with Gasteiger partial charge in [0.05, 0.1) is 23.1 Å². The van der Waals surface area contributed by atoms with E-state index in [1.54, 1.807) is 37.0 Å². The zero-order chi connectivity index (χ0) is 23.9. The molecular formula is C23H23N7O4S. The van der Waals surface area contributed by atoms with Gasteiger partial charge >= 0.3 is 5.69 Å². The van der Waals surface area contributed by atoms with Crippen LogP contribution in [0.4, 0.5) is 11.4 Å². The third-order valence-corrected chi connectivity index (χ3v) is 6.96. The number of aryl methyl sites for hydroxylation is 1. The molecular weight excluding hydrogens is 470 g/mol. The molecule has 3 aromatic heterocycles. The second-order valence-electron chi connectivity index (χ2n) is 8.23. The topological polar surface area (TPSA) is 116 Å². The van der Waals surface area contributed by atoms with E-state index in [1.807, 2.05) is 6.07 Å². The van der Waals surface area contributed by atoms with Crippen LogP contribution in [0.5, 0.6) is 11.5 Å². The number of thiazole rings is 1. The van der Waals surface area contributed by atoms with Crippen LogP contribution < -0.4 is 30.7 Å². The number of fused-ring (bicyclic) bond motifs is 3. The lowest BCUT2D eigenvalue weighted by molar-refractivity contribution is 0.102. The number of hydrogen-bond acceptors (Lipinski definition) is 9. The minimum absolute atomic E-state index is 0.247. The van der Waals surface area contributed by atoms with Crippen molar-refractivity contribution in [2.75, 3.05) is 49.6 Å². The third kappa shape index (κ3) is 3.70. The van der Waals surface area contributed by atoms with Crippen LogP contribution in [0.1, 0.15) is 9.80 Å². The molecule has 0 bridgehead atoms. The Kier molecular flexibility index (Phi) is 5.38. The Morgan fingerprint density at radius 1 is 1.17 bits per heavy atom. The van der Waals surface area contributed by atoms with Crippen LogP contribution in [0.25, 0.3) is 16.9 Å². The molecule has 180 valence electrons. The maximum atomic E-state index is 13.1. The van der Waals surface area contributed by atoms with Gasteiger partial charge in [-0.05, 0) is 18.2 Å². The summed E-state index contributed by atoms with van der Waals surface area (Å²) in [5, 5.41) is 8.22. The Morgan fingerprint density at radius 3 is 2.86 bits per heavy atom. The van der Waals surface area contributed by atoms with Gasteiger partial charge in [-0.1, -0.05) is 0 Å². The minimum Gasteiger partial charge on any atom is -0.486 e. The molecule has 0 spiro atoms. The van der Waals surface area contributed by atoms with Crippen molar-refractivity contribution >= 4 is 39.7 Å². The molecule has 0 saturated carbocycles. The van der Waals surface area contributed by atoms with Gasteiger partial charge < -0.3 is 25.0 Å². The standard InChI is InChI=1S/C23H23N7O4S/c1-28-19-16(2-3-17-20(19)34-11-10-33-17)30(23(28)32)18-13-35-22(27-18)21(31)26-14-12-25-5-4-15(14)29-8-6-24-7-9-29/h2-5,12-13,24H,6-11H2,1H3,(H,26,31). The molecule has 1 amide bonds. The van der Waals surface area contributed by atoms with Crippen LogP contribution in [0.2, 0.25) is 0 Å². The molecule has 1 fully saturated rings. The molecule has 0 aliphatic carbocycles. The van der Waals surface area contributed by atoms with Crippen LogP contribution >= 0.6 is 11.3 Å². The highest BCUT2D eigenvalue weighted by Crippen LogP contribution is 2.37. The van der Waals surface area contributed by atoms with Crippen molar-refractivity contribution in [3.8, 4) is 17.3 Å². The summed E-state index contributed by atoms with van der Waals surface area (Å²) in [6.07, 6.45) is 3.36. The fourth-order valence-corrected chi connectivity index (χ4v) is 5.16. The Hall–Kier alpha value is -3.90. The molecule has 2 aliphatic rings. The molecule has 12 heteroatoms. The molecule has 1 saturated heterocycles. The maximum absolute atomic E-state index is 13.1. The Labute approximate surface area is 203 Å². The second kappa shape index (κ2) is 8.71. The largest absolute Gasteiger partial charge is 0.486 e. The van der Waals surface area contributed by atoms with Crippen LogP contribution in [0.3, 0.4) is 0 Å². The Balaban J connectivity index is 1.32. The van der Waals surface area contributed by atoms with Gasteiger partial charge in [0.15, 0.2) is 22.3 Å². The van der Waals surface area contributed by atoms with Crippen molar-refractivity contribution in [1.82, 2.24) is 24.4 Å². The lowest BCUT2D eigenvalue weighted by atomic mass is 10.2. The first-order valence-corrected chi connectivity index (χ1v) is 12.2. The number of amides is 1. The summed E-state index contributed by atoms with van der Waals surface area (Å²) in [5.74, 6) is 1.16. The van der Waals surface area contributed by atoms with E-state index in [2.05, 4.69) is 25.5 Å². The fourth-order valence-electron chi connectivity index (χ4n) is 4.48. The predicted octanol–water partition coefficient (Wildman–Crippen LogP) is 1.61. The number of benzene rings is 1. The van der Waals surface area contributed by atoms with Crippen molar-refractivity contribution < 1.29 is 14.3 Å². The Morgan fingerprint density at radius 2 is 2.00 bits per heavy atom. The first-order valence-electron chi connectivity index (χ1n) is 11.3. The average Bonchev–Trinajstić information content (AvgIpc) is 3.48. The van der Waals surface area contributed by atoms with Gasteiger partial charge in [0.2, 0.25) is 0 Å². The first kappa shape index (κ1) is 21.6. The molecule has 0 radical (unpaired) electrons. The monoisotopic (exact) mass is 493 g/mol. The van der Waals surface area contributed by atoms with Crippen LogP contribution in [-0.2, 0) is 7.05 Å². The molecule has 2 aliphatic heterocycles. The molecule has 35 heavy (non-hydrogen) atoms. The minimum atomic E-state index is -0.354. The number of piperazine rings is 1. The fraction of sp³-hybridized carbons (Fsp3) is 0.304. The van der Waals surface area contributed by atoms with Gasteiger partial charge in [-0.3, -0.25) is 14.3 Å². The van der Waals surface area contributed by atoms with Crippen molar-refractivity contribution in [2.45, 2.75) is 0 Å². The predicted molar refractivity (Wildman–Crippen MR) is 132 cm³/mol. The van der Waals surface area contributed by atoms with E-state index in [1.165, 1.54) is 20.5 Å². The number of ether oxygens (including phenoxy) is 2. The van der Waals surface area contributed by atoms with Gasteiger partial charge in [0.1, 0.15) is 18.7 Å². The third-order valence-electron chi connectivity index (χ3n) is 6.14. The summed E-state index contributed by atoms with van der Waals surface area (Å²) in [6.45, 7) is 4.33. The number of carbonyl (C=O) groups excluding carboxylic acids is 1. The van der Waals surface area contributed by atoms with E-state index >= 15 is 0 Å². The normalized spacial score (nSPS) is 15.4. The number of aromatic nitrogens is 4. The molecule has 4 aromatic rings. The van der Waals surface area contributed by atoms with Crippen molar-refractivity contribution in [1.29, 1.82) is 0 Å². The molecule has 2 N–H and O–H groups in total. The number of carbonyl (C=O) groups is 1. The van der Waals surface area contributed by atoms with E-state index in [0.29, 0.717) is 47.3 Å². The van der Waals surface area contributed by atoms with Gasteiger partial charge in [-0.25, -0.2) is 14.3 Å². The molecule has 0 atom stereocenters. The van der Waals surface area contributed by atoms with Crippen LogP contribution in [0, 0.1) is 0 Å². The number of nitrogens with one attached hydrogen (secondary N) is 2. The highest BCUT2D eigenvalue weighted by atomic mass is 32.1.